The predicted molar refractivity (Wildman–Crippen MR) is 105 cm³/mol. The first-order chi connectivity index (χ1) is 10.9. The van der Waals surface area contributed by atoms with Crippen LogP contribution in [0.5, 0.6) is 0 Å². The molecule has 0 aromatic heterocycles. The summed E-state index contributed by atoms with van der Waals surface area (Å²) in [7, 11) is 0. The van der Waals surface area contributed by atoms with E-state index in [-0.39, 0.29) is 28.6 Å². The fourth-order valence-corrected chi connectivity index (χ4v) is 5.40. The van der Waals surface area contributed by atoms with Gasteiger partial charge in [-0.15, -0.1) is 11.8 Å². The maximum absolute atomic E-state index is 11.6. The van der Waals surface area contributed by atoms with Crippen LogP contribution in [0.15, 0.2) is 0 Å². The molecule has 11 heteroatoms. The molecule has 0 spiro atoms. The van der Waals surface area contributed by atoms with Gasteiger partial charge < -0.3 is 14.8 Å². The second-order valence-corrected chi connectivity index (χ2v) is 12.6. The Morgan fingerprint density at radius 1 is 1.29 bits per heavy atom. The third-order valence-electron chi connectivity index (χ3n) is 2.60. The summed E-state index contributed by atoms with van der Waals surface area (Å²) in [6.45, 7) is 5.83. The number of hydrogen-bond donors (Lipinski definition) is 1. The van der Waals surface area contributed by atoms with Gasteiger partial charge in [0.05, 0.1) is 17.9 Å². The van der Waals surface area contributed by atoms with Gasteiger partial charge in [0.15, 0.2) is 0 Å². The monoisotopic (exact) mass is 453 g/mol. The van der Waals surface area contributed by atoms with Crippen LogP contribution >= 0.6 is 70.5 Å². The number of nitrogens with one attached hydrogen (secondary N) is 1. The third-order valence-corrected chi connectivity index (χ3v) is 5.68. The lowest BCUT2D eigenvalue weighted by Gasteiger charge is -2.36. The third kappa shape index (κ3) is 9.20. The van der Waals surface area contributed by atoms with E-state index in [1.165, 1.54) is 11.8 Å². The zero-order valence-corrected chi connectivity index (χ0v) is 18.0. The first-order valence-corrected chi connectivity index (χ1v) is 10.2. The molecule has 24 heavy (non-hydrogen) atoms. The van der Waals surface area contributed by atoms with Crippen LogP contribution in [0, 0.1) is 5.92 Å². The Labute approximate surface area is 170 Å². The van der Waals surface area contributed by atoms with Crippen LogP contribution in [0.1, 0.15) is 27.2 Å². The number of carbonyl (C=O) groups is 2. The molecule has 0 unspecified atom stereocenters. The summed E-state index contributed by atoms with van der Waals surface area (Å²) in [5, 5.41) is 2.68. The van der Waals surface area contributed by atoms with Gasteiger partial charge in [0.2, 0.25) is 9.70 Å². The van der Waals surface area contributed by atoms with E-state index in [1.54, 1.807) is 11.8 Å². The van der Waals surface area contributed by atoms with Gasteiger partial charge in [0.25, 0.3) is 0 Å². The van der Waals surface area contributed by atoms with Crippen LogP contribution in [0.3, 0.4) is 0 Å². The molecule has 1 heterocycles. The summed E-state index contributed by atoms with van der Waals surface area (Å²) in [6, 6.07) is 0. The van der Waals surface area contributed by atoms with Crippen molar-refractivity contribution in [1.82, 2.24) is 5.32 Å². The van der Waals surface area contributed by atoms with Crippen molar-refractivity contribution in [3.8, 4) is 0 Å². The largest absolute Gasteiger partial charge is 0.508 e. The topological polar surface area (TPSA) is 64.6 Å². The number of thioether (sulfide) groups is 2. The van der Waals surface area contributed by atoms with Gasteiger partial charge in [0, 0.05) is 4.75 Å². The lowest BCUT2D eigenvalue weighted by molar-refractivity contribution is -0.133. The molecule has 0 aliphatic carbocycles. The van der Waals surface area contributed by atoms with Crippen molar-refractivity contribution < 1.29 is 19.1 Å². The van der Waals surface area contributed by atoms with Crippen LogP contribution < -0.4 is 5.32 Å². The molecule has 0 radical (unpaired) electrons. The SMILES string of the molecule is CC(C)(C)SC(=S)S[C@H]1NC(=O)[C@@H]1CCOC(=O)OCC(Cl)(Cl)Cl. The average molecular weight is 455 g/mol. The normalized spacial score (nSPS) is 20.8. The summed E-state index contributed by atoms with van der Waals surface area (Å²) in [4.78, 5) is 23.0. The standard InChI is InChI=1S/C13H18Cl3NO4S3/c1-12(2,3)24-11(22)23-9-7(8(18)17-9)4-5-20-10(19)21-6-13(14,15)16/h7,9H,4-6H2,1-3H3,(H,17,18)/t7-,9+/m0/s1. The van der Waals surface area contributed by atoms with Crippen LogP contribution in [-0.4, -0.2) is 42.7 Å². The minimum Gasteiger partial charge on any atom is -0.434 e. The molecule has 0 aromatic rings. The van der Waals surface area contributed by atoms with Gasteiger partial charge in [-0.05, 0) is 6.42 Å². The van der Waals surface area contributed by atoms with Crippen LogP contribution in [0.2, 0.25) is 0 Å². The molecule has 1 rings (SSSR count). The molecule has 1 fully saturated rings. The molecular formula is C13H18Cl3NO4S3. The van der Waals surface area contributed by atoms with E-state index in [2.05, 4.69) is 30.8 Å². The molecule has 0 saturated carbocycles. The summed E-state index contributed by atoms with van der Waals surface area (Å²) in [5.74, 6) is -0.358. The average Bonchev–Trinajstić information content (AvgIpc) is 2.38. The van der Waals surface area contributed by atoms with E-state index < -0.39 is 16.6 Å². The maximum Gasteiger partial charge on any atom is 0.508 e. The highest BCUT2D eigenvalue weighted by Gasteiger charge is 2.40. The maximum atomic E-state index is 11.6. The van der Waals surface area contributed by atoms with E-state index >= 15 is 0 Å². The number of β-lactam (4-membered cyclic amide) rings is 1. The van der Waals surface area contributed by atoms with Crippen LogP contribution in [-0.2, 0) is 14.3 Å². The van der Waals surface area contributed by atoms with Gasteiger partial charge >= 0.3 is 6.16 Å². The zero-order chi connectivity index (χ0) is 18.5. The highest BCUT2D eigenvalue weighted by atomic mass is 35.6. The summed E-state index contributed by atoms with van der Waals surface area (Å²) >= 11 is 24.7. The minimum atomic E-state index is -1.69. The fourth-order valence-electron chi connectivity index (χ4n) is 1.61. The summed E-state index contributed by atoms with van der Waals surface area (Å²) in [6.07, 6.45) is -0.570. The van der Waals surface area contributed by atoms with Gasteiger partial charge in [-0.2, -0.15) is 0 Å². The van der Waals surface area contributed by atoms with Crippen molar-refractivity contribution in [3.63, 3.8) is 0 Å². The Hall–Kier alpha value is 0.400. The van der Waals surface area contributed by atoms with Crippen LogP contribution in [0.4, 0.5) is 4.79 Å². The number of carbonyl (C=O) groups excluding carboxylic acids is 2. The smallest absolute Gasteiger partial charge is 0.434 e. The molecule has 1 saturated heterocycles. The molecule has 1 N–H and O–H groups in total. The highest BCUT2D eigenvalue weighted by molar-refractivity contribution is 8.47. The highest BCUT2D eigenvalue weighted by Crippen LogP contribution is 2.36. The number of halogens is 3. The molecule has 0 aromatic carbocycles. The zero-order valence-electron chi connectivity index (χ0n) is 13.3. The lowest BCUT2D eigenvalue weighted by atomic mass is 9.98. The van der Waals surface area contributed by atoms with E-state index in [0.29, 0.717) is 6.42 Å². The molecule has 1 aliphatic heterocycles. The second-order valence-electron chi connectivity index (χ2n) is 5.91. The number of rotatable bonds is 5. The first kappa shape index (κ1) is 22.4. The van der Waals surface area contributed by atoms with Crippen molar-refractivity contribution >= 4 is 86.1 Å². The lowest BCUT2D eigenvalue weighted by Crippen LogP contribution is -2.56. The van der Waals surface area contributed by atoms with Gasteiger partial charge in [-0.3, -0.25) is 4.79 Å². The number of ether oxygens (including phenoxy) is 2. The first-order valence-electron chi connectivity index (χ1n) is 6.94. The number of thiocarbonyl (C=S) groups is 1. The van der Waals surface area contributed by atoms with Crippen molar-refractivity contribution in [1.29, 1.82) is 0 Å². The van der Waals surface area contributed by atoms with E-state index in [9.17, 15) is 9.59 Å². The van der Waals surface area contributed by atoms with Gasteiger partial charge in [0.1, 0.15) is 10.1 Å². The minimum absolute atomic E-state index is 0.0166. The molecular weight excluding hydrogens is 437 g/mol. The molecule has 138 valence electrons. The van der Waals surface area contributed by atoms with Crippen LogP contribution in [0.25, 0.3) is 0 Å². The fraction of sp³-hybridized carbons (Fsp3) is 0.769. The number of hydrogen-bond acceptors (Lipinski definition) is 7. The molecule has 1 amide bonds. The Morgan fingerprint density at radius 3 is 2.42 bits per heavy atom. The predicted octanol–water partition coefficient (Wildman–Crippen LogP) is 4.52. The molecule has 5 nitrogen and oxygen atoms in total. The van der Waals surface area contributed by atoms with Gasteiger partial charge in [-0.1, -0.05) is 79.6 Å². The van der Waals surface area contributed by atoms with Crippen molar-refractivity contribution in [2.24, 2.45) is 5.92 Å². The van der Waals surface area contributed by atoms with Gasteiger partial charge in [-0.25, -0.2) is 4.79 Å². The summed E-state index contributed by atoms with van der Waals surface area (Å²) < 4.78 is 8.58. The van der Waals surface area contributed by atoms with Crippen molar-refractivity contribution in [2.45, 2.75) is 41.1 Å². The molecule has 2 atom stereocenters. The van der Waals surface area contributed by atoms with E-state index in [0.717, 1.165) is 3.53 Å². The summed E-state index contributed by atoms with van der Waals surface area (Å²) in [5.41, 5.74) is 0. The number of amides is 1. The van der Waals surface area contributed by atoms with Crippen molar-refractivity contribution in [2.75, 3.05) is 13.2 Å². The van der Waals surface area contributed by atoms with Crippen molar-refractivity contribution in [3.05, 3.63) is 0 Å². The quantitative estimate of drug-likeness (QED) is 0.283. The number of alkyl halides is 3. The molecule has 0 bridgehead atoms. The Kier molecular flexibility index (Phi) is 8.76. The molecule has 1 aliphatic rings. The van der Waals surface area contributed by atoms with E-state index in [4.69, 9.17) is 51.8 Å². The Balaban J connectivity index is 2.30. The Bertz CT molecular complexity index is 494. The Morgan fingerprint density at radius 2 is 1.92 bits per heavy atom. The van der Waals surface area contributed by atoms with E-state index in [1.807, 2.05) is 0 Å². The second kappa shape index (κ2) is 9.37.